The number of rotatable bonds is 5. The molecule has 4 N–H and O–H groups in total. The molecule has 0 bridgehead atoms. The Morgan fingerprint density at radius 1 is 1.32 bits per heavy atom. The van der Waals surface area contributed by atoms with Crippen molar-refractivity contribution in [2.45, 2.75) is 37.7 Å². The van der Waals surface area contributed by atoms with Crippen molar-refractivity contribution in [3.8, 4) is 0 Å². The fourth-order valence-electron chi connectivity index (χ4n) is 3.89. The number of aromatic nitrogens is 3. The van der Waals surface area contributed by atoms with E-state index >= 15 is 0 Å². The average molecular weight is 368 g/mol. The fraction of sp³-hybridized carbons (Fsp3) is 0.529. The number of hydrogen-bond donors (Lipinski definition) is 4. The van der Waals surface area contributed by atoms with Gasteiger partial charge in [0.05, 0.1) is 12.7 Å². The zero-order valence-corrected chi connectivity index (χ0v) is 14.6. The van der Waals surface area contributed by atoms with Crippen LogP contribution in [0, 0.1) is 11.3 Å². The Balaban J connectivity index is 2.01. The first-order chi connectivity index (χ1) is 11.8. The van der Waals surface area contributed by atoms with E-state index < -0.39 is 29.3 Å². The average Bonchev–Trinajstić information content (AvgIpc) is 3.23. The maximum absolute atomic E-state index is 11.5. The summed E-state index contributed by atoms with van der Waals surface area (Å²) in [7, 11) is 0. The summed E-state index contributed by atoms with van der Waals surface area (Å²) in [6.07, 6.45) is 0.937. The van der Waals surface area contributed by atoms with Gasteiger partial charge >= 0.3 is 0 Å². The summed E-state index contributed by atoms with van der Waals surface area (Å²) >= 11 is 5.90. The molecule has 0 amide bonds. The summed E-state index contributed by atoms with van der Waals surface area (Å²) in [5.41, 5.74) is -2.22. The predicted octanol–water partition coefficient (Wildman–Crippen LogP) is 1.30. The summed E-state index contributed by atoms with van der Waals surface area (Å²) in [6, 6.07) is 6.69. The number of aliphatic hydroxyl groups is 4. The summed E-state index contributed by atoms with van der Waals surface area (Å²) in [6.45, 7) is 1.36. The van der Waals surface area contributed by atoms with Crippen LogP contribution in [-0.4, -0.2) is 47.4 Å². The topological polar surface area (TPSA) is 112 Å². The first-order valence-electron chi connectivity index (χ1n) is 8.12. The molecule has 5 atom stereocenters. The molecule has 25 heavy (non-hydrogen) atoms. The van der Waals surface area contributed by atoms with Gasteiger partial charge in [0.2, 0.25) is 0 Å². The molecule has 1 aliphatic carbocycles. The van der Waals surface area contributed by atoms with Crippen LogP contribution in [0.3, 0.4) is 0 Å². The van der Waals surface area contributed by atoms with Crippen LogP contribution in [0.5, 0.6) is 0 Å². The number of halogens is 1. The minimum absolute atomic E-state index is 0.334. The third kappa shape index (κ3) is 2.86. The van der Waals surface area contributed by atoms with Crippen molar-refractivity contribution in [1.82, 2.24) is 14.8 Å². The van der Waals surface area contributed by atoms with Gasteiger partial charge in [0.1, 0.15) is 18.3 Å². The molecule has 0 saturated heterocycles. The van der Waals surface area contributed by atoms with Crippen LogP contribution in [0.2, 0.25) is 5.02 Å². The summed E-state index contributed by atoms with van der Waals surface area (Å²) in [5.74, 6) is -0.704. The highest BCUT2D eigenvalue weighted by Gasteiger charge is 2.63. The maximum Gasteiger partial charge on any atom is 0.178 e. The van der Waals surface area contributed by atoms with Gasteiger partial charge in [-0.2, -0.15) is 5.10 Å². The van der Waals surface area contributed by atoms with Crippen LogP contribution in [0.15, 0.2) is 36.9 Å². The highest BCUT2D eigenvalue weighted by Crippen LogP contribution is 2.57. The summed E-state index contributed by atoms with van der Waals surface area (Å²) in [4.78, 5) is 3.80. The second-order valence-electron chi connectivity index (χ2n) is 6.93. The second kappa shape index (κ2) is 6.66. The first kappa shape index (κ1) is 18.3. The first-order valence-corrected chi connectivity index (χ1v) is 8.50. The van der Waals surface area contributed by atoms with Crippen molar-refractivity contribution in [3.05, 3.63) is 47.5 Å². The van der Waals surface area contributed by atoms with Gasteiger partial charge in [-0.25, -0.2) is 9.67 Å². The van der Waals surface area contributed by atoms with Crippen molar-refractivity contribution < 1.29 is 20.4 Å². The molecule has 1 aliphatic rings. The lowest BCUT2D eigenvalue weighted by Crippen LogP contribution is -2.56. The molecule has 2 aromatic rings. The molecular formula is C17H22ClN3O4. The summed E-state index contributed by atoms with van der Waals surface area (Å²) in [5, 5.41) is 47.5. The van der Waals surface area contributed by atoms with Gasteiger partial charge in [-0.15, -0.1) is 0 Å². The van der Waals surface area contributed by atoms with Crippen molar-refractivity contribution >= 4 is 11.6 Å². The van der Waals surface area contributed by atoms with Crippen molar-refractivity contribution in [3.63, 3.8) is 0 Å². The Bertz CT molecular complexity index is 711. The third-order valence-electron chi connectivity index (χ3n) is 5.56. The summed E-state index contributed by atoms with van der Waals surface area (Å²) < 4.78 is 1.14. The lowest BCUT2D eigenvalue weighted by atomic mass is 9.70. The van der Waals surface area contributed by atoms with Crippen LogP contribution in [0.25, 0.3) is 0 Å². The van der Waals surface area contributed by atoms with Gasteiger partial charge in [-0.05, 0) is 30.5 Å². The molecule has 0 unspecified atom stereocenters. The Labute approximate surface area is 150 Å². The van der Waals surface area contributed by atoms with E-state index in [0.29, 0.717) is 23.4 Å². The van der Waals surface area contributed by atoms with E-state index in [1.807, 2.05) is 0 Å². The molecule has 7 nitrogen and oxygen atoms in total. The number of benzene rings is 1. The van der Waals surface area contributed by atoms with Gasteiger partial charge in [0.25, 0.3) is 0 Å². The number of hydrogen-bond acceptors (Lipinski definition) is 6. The zero-order valence-electron chi connectivity index (χ0n) is 13.8. The Kier molecular flexibility index (Phi) is 4.87. The Morgan fingerprint density at radius 3 is 2.56 bits per heavy atom. The molecule has 0 aliphatic heterocycles. The molecule has 136 valence electrons. The minimum atomic E-state index is -1.80. The third-order valence-corrected chi connectivity index (χ3v) is 5.81. The highest BCUT2D eigenvalue weighted by atomic mass is 35.5. The molecule has 1 fully saturated rings. The predicted molar refractivity (Wildman–Crippen MR) is 90.6 cm³/mol. The van der Waals surface area contributed by atoms with Crippen LogP contribution in [0.1, 0.15) is 37.7 Å². The Morgan fingerprint density at radius 2 is 2.00 bits per heavy atom. The van der Waals surface area contributed by atoms with Crippen LogP contribution < -0.4 is 0 Å². The zero-order chi connectivity index (χ0) is 18.2. The van der Waals surface area contributed by atoms with E-state index in [1.54, 1.807) is 31.2 Å². The van der Waals surface area contributed by atoms with Crippen molar-refractivity contribution in [1.29, 1.82) is 0 Å². The van der Waals surface area contributed by atoms with Crippen LogP contribution in [-0.2, 0) is 0 Å². The molecule has 8 heteroatoms. The normalized spacial score (nSPS) is 31.8. The molecule has 0 spiro atoms. The quantitative estimate of drug-likeness (QED) is 0.633. The van der Waals surface area contributed by atoms with Crippen molar-refractivity contribution in [2.24, 2.45) is 11.3 Å². The minimum Gasteiger partial charge on any atom is -0.396 e. The number of nitrogens with zero attached hydrogens (tertiary/aromatic N) is 3. The van der Waals surface area contributed by atoms with Gasteiger partial charge in [-0.1, -0.05) is 30.7 Å². The molecular weight excluding hydrogens is 346 g/mol. The van der Waals surface area contributed by atoms with Crippen molar-refractivity contribution in [2.75, 3.05) is 6.61 Å². The largest absolute Gasteiger partial charge is 0.396 e. The van der Waals surface area contributed by atoms with Gasteiger partial charge < -0.3 is 20.4 Å². The van der Waals surface area contributed by atoms with Crippen LogP contribution in [0.4, 0.5) is 0 Å². The molecule has 0 radical (unpaired) electrons. The van der Waals surface area contributed by atoms with E-state index in [0.717, 1.165) is 4.68 Å². The highest BCUT2D eigenvalue weighted by molar-refractivity contribution is 6.30. The SMILES string of the molecule is C[C@@]1(CO)CC[C@@H]([C@@H](O)c2ccc(Cl)cc2)[C@@]1(O)[C@H](O)n1cncn1. The molecule has 1 aromatic heterocycles. The van der Waals surface area contributed by atoms with Gasteiger partial charge in [0, 0.05) is 16.4 Å². The van der Waals surface area contributed by atoms with Gasteiger partial charge in [-0.3, -0.25) is 0 Å². The van der Waals surface area contributed by atoms with E-state index in [2.05, 4.69) is 10.1 Å². The molecule has 1 heterocycles. The van der Waals surface area contributed by atoms with E-state index in [4.69, 9.17) is 11.6 Å². The van der Waals surface area contributed by atoms with E-state index in [1.165, 1.54) is 12.7 Å². The molecule has 3 rings (SSSR count). The maximum atomic E-state index is 11.5. The smallest absolute Gasteiger partial charge is 0.178 e. The number of aliphatic hydroxyl groups excluding tert-OH is 3. The van der Waals surface area contributed by atoms with E-state index in [9.17, 15) is 20.4 Å². The molecule has 1 saturated carbocycles. The van der Waals surface area contributed by atoms with Crippen LogP contribution >= 0.6 is 11.6 Å². The standard InChI is InChI=1S/C17H22ClN3O4/c1-16(8-22)7-6-13(14(23)11-2-4-12(18)5-3-11)17(16,25)15(24)21-10-19-9-20-21/h2-5,9-10,13-15,22-25H,6-8H2,1H3/t13-,14-,15-,16-,17+/m0/s1. The lowest BCUT2D eigenvalue weighted by Gasteiger charge is -2.45. The lowest BCUT2D eigenvalue weighted by molar-refractivity contribution is -0.218. The van der Waals surface area contributed by atoms with Gasteiger partial charge in [0.15, 0.2) is 6.23 Å². The molecule has 1 aromatic carbocycles. The Hall–Kier alpha value is -1.51. The monoisotopic (exact) mass is 367 g/mol. The fourth-order valence-corrected chi connectivity index (χ4v) is 4.01. The van der Waals surface area contributed by atoms with E-state index in [-0.39, 0.29) is 6.61 Å². The second-order valence-corrected chi connectivity index (χ2v) is 7.37.